The molecule has 0 aromatic heterocycles. The normalized spacial score (nSPS) is 10.4. The molecular weight excluding hydrogens is 269 g/mol. The fourth-order valence-electron chi connectivity index (χ4n) is 1.78. The summed E-state index contributed by atoms with van der Waals surface area (Å²) in [5.41, 5.74) is -0.275. The number of carbonyl (C=O) groups is 1. The minimum Gasteiger partial charge on any atom is -0.494 e. The van der Waals surface area contributed by atoms with Gasteiger partial charge in [-0.15, -0.1) is 0 Å². The SMILES string of the molecule is COc1cc(C(=O)c2cc(F)c(C)cc2F)ccc1F. The van der Waals surface area contributed by atoms with Crippen molar-refractivity contribution in [2.24, 2.45) is 0 Å². The molecule has 0 saturated heterocycles. The number of aryl methyl sites for hydroxylation is 1. The van der Waals surface area contributed by atoms with Crippen LogP contribution in [0.25, 0.3) is 0 Å². The molecule has 104 valence electrons. The molecule has 2 rings (SSSR count). The summed E-state index contributed by atoms with van der Waals surface area (Å²) in [4.78, 5) is 12.1. The number of methoxy groups -OCH3 is 1. The van der Waals surface area contributed by atoms with Crippen molar-refractivity contribution in [2.45, 2.75) is 6.92 Å². The molecule has 2 aromatic carbocycles. The van der Waals surface area contributed by atoms with Gasteiger partial charge in [0.25, 0.3) is 0 Å². The number of benzene rings is 2. The zero-order valence-electron chi connectivity index (χ0n) is 10.8. The summed E-state index contributed by atoms with van der Waals surface area (Å²) in [6, 6.07) is 5.16. The second-order valence-corrected chi connectivity index (χ2v) is 4.26. The van der Waals surface area contributed by atoms with Crippen molar-refractivity contribution in [1.29, 1.82) is 0 Å². The van der Waals surface area contributed by atoms with Crippen molar-refractivity contribution in [3.63, 3.8) is 0 Å². The highest BCUT2D eigenvalue weighted by atomic mass is 19.1. The lowest BCUT2D eigenvalue weighted by molar-refractivity contribution is 0.103. The fourth-order valence-corrected chi connectivity index (χ4v) is 1.78. The number of hydrogen-bond acceptors (Lipinski definition) is 2. The first kappa shape index (κ1) is 14.1. The van der Waals surface area contributed by atoms with Gasteiger partial charge in [0.15, 0.2) is 17.3 Å². The maximum absolute atomic E-state index is 13.7. The Bertz CT molecular complexity index is 681. The van der Waals surface area contributed by atoms with Gasteiger partial charge in [-0.1, -0.05) is 0 Å². The largest absolute Gasteiger partial charge is 0.494 e. The highest BCUT2D eigenvalue weighted by molar-refractivity contribution is 6.09. The lowest BCUT2D eigenvalue weighted by Gasteiger charge is -2.07. The summed E-state index contributed by atoms with van der Waals surface area (Å²) in [7, 11) is 1.25. The van der Waals surface area contributed by atoms with Gasteiger partial charge in [0.1, 0.15) is 11.6 Å². The van der Waals surface area contributed by atoms with E-state index in [2.05, 4.69) is 0 Å². The van der Waals surface area contributed by atoms with Crippen molar-refractivity contribution in [3.05, 3.63) is 64.5 Å². The number of rotatable bonds is 3. The van der Waals surface area contributed by atoms with Crippen molar-refractivity contribution in [3.8, 4) is 5.75 Å². The van der Waals surface area contributed by atoms with E-state index in [0.29, 0.717) is 0 Å². The molecule has 0 spiro atoms. The van der Waals surface area contributed by atoms with Crippen LogP contribution in [0.4, 0.5) is 13.2 Å². The molecule has 2 nitrogen and oxygen atoms in total. The van der Waals surface area contributed by atoms with Gasteiger partial charge in [-0.05, 0) is 42.8 Å². The Kier molecular flexibility index (Phi) is 3.79. The average Bonchev–Trinajstić information content (AvgIpc) is 2.42. The topological polar surface area (TPSA) is 26.3 Å². The standard InChI is InChI=1S/C15H11F3O2/c1-8-5-13(18)10(7-12(8)17)15(19)9-3-4-11(16)14(6-9)20-2/h3-7H,1-2H3. The maximum Gasteiger partial charge on any atom is 0.196 e. The minimum absolute atomic E-state index is 0.0189. The molecule has 2 aromatic rings. The minimum atomic E-state index is -0.822. The number of hydrogen-bond donors (Lipinski definition) is 0. The molecule has 0 radical (unpaired) electrons. The number of ketones is 1. The van der Waals surface area contributed by atoms with Crippen LogP contribution in [0.15, 0.2) is 30.3 Å². The van der Waals surface area contributed by atoms with E-state index in [1.807, 2.05) is 0 Å². The number of ether oxygens (including phenoxy) is 1. The summed E-state index contributed by atoms with van der Waals surface area (Å²) in [6.07, 6.45) is 0. The van der Waals surface area contributed by atoms with Gasteiger partial charge in [0, 0.05) is 5.56 Å². The van der Waals surface area contributed by atoms with Gasteiger partial charge in [-0.2, -0.15) is 0 Å². The Hall–Kier alpha value is -2.30. The smallest absolute Gasteiger partial charge is 0.196 e. The van der Waals surface area contributed by atoms with Gasteiger partial charge < -0.3 is 4.74 Å². The molecule has 0 atom stereocenters. The number of carbonyl (C=O) groups excluding carboxylic acids is 1. The molecule has 5 heteroatoms. The second-order valence-electron chi connectivity index (χ2n) is 4.26. The van der Waals surface area contributed by atoms with Gasteiger partial charge in [-0.25, -0.2) is 13.2 Å². The first-order valence-corrected chi connectivity index (χ1v) is 5.78. The van der Waals surface area contributed by atoms with Crippen molar-refractivity contribution in [1.82, 2.24) is 0 Å². The van der Waals surface area contributed by atoms with Crippen LogP contribution in [-0.4, -0.2) is 12.9 Å². The van der Waals surface area contributed by atoms with Crippen molar-refractivity contribution < 1.29 is 22.7 Å². The van der Waals surface area contributed by atoms with E-state index in [4.69, 9.17) is 4.74 Å². The van der Waals surface area contributed by atoms with E-state index < -0.39 is 28.8 Å². The molecule has 0 aliphatic rings. The van der Waals surface area contributed by atoms with Crippen LogP contribution in [0.5, 0.6) is 5.75 Å². The third-order valence-electron chi connectivity index (χ3n) is 2.91. The molecule has 20 heavy (non-hydrogen) atoms. The third-order valence-corrected chi connectivity index (χ3v) is 2.91. The van der Waals surface area contributed by atoms with Crippen molar-refractivity contribution >= 4 is 5.78 Å². The molecule has 0 N–H and O–H groups in total. The fraction of sp³-hybridized carbons (Fsp3) is 0.133. The Morgan fingerprint density at radius 2 is 1.70 bits per heavy atom. The highest BCUT2D eigenvalue weighted by Crippen LogP contribution is 2.22. The molecule has 0 saturated carbocycles. The summed E-state index contributed by atoms with van der Waals surface area (Å²) in [5, 5.41) is 0. The maximum atomic E-state index is 13.7. The van der Waals surface area contributed by atoms with Crippen LogP contribution in [0, 0.1) is 24.4 Å². The lowest BCUT2D eigenvalue weighted by Crippen LogP contribution is -2.06. The van der Waals surface area contributed by atoms with Gasteiger partial charge >= 0.3 is 0 Å². The quantitative estimate of drug-likeness (QED) is 0.802. The predicted molar refractivity (Wildman–Crippen MR) is 67.5 cm³/mol. The van der Waals surface area contributed by atoms with E-state index in [0.717, 1.165) is 24.3 Å². The number of halogens is 3. The van der Waals surface area contributed by atoms with Crippen LogP contribution < -0.4 is 4.74 Å². The van der Waals surface area contributed by atoms with Crippen LogP contribution in [-0.2, 0) is 0 Å². The van der Waals surface area contributed by atoms with Crippen molar-refractivity contribution in [2.75, 3.05) is 7.11 Å². The summed E-state index contributed by atoms with van der Waals surface area (Å²) in [5.74, 6) is -3.01. The molecule has 0 aliphatic carbocycles. The van der Waals surface area contributed by atoms with E-state index in [1.165, 1.54) is 20.1 Å². The molecule has 0 heterocycles. The van der Waals surface area contributed by atoms with E-state index >= 15 is 0 Å². The molecular formula is C15H11F3O2. The molecule has 0 bridgehead atoms. The van der Waals surface area contributed by atoms with Crippen LogP contribution in [0.1, 0.15) is 21.5 Å². The average molecular weight is 280 g/mol. The lowest BCUT2D eigenvalue weighted by atomic mass is 10.0. The zero-order chi connectivity index (χ0) is 14.9. The van der Waals surface area contributed by atoms with E-state index in [-0.39, 0.29) is 16.9 Å². The summed E-state index contributed by atoms with van der Waals surface area (Å²) < 4.78 is 45.2. The highest BCUT2D eigenvalue weighted by Gasteiger charge is 2.18. The third kappa shape index (κ3) is 2.52. The van der Waals surface area contributed by atoms with Crippen LogP contribution in [0.3, 0.4) is 0 Å². The molecule has 0 fully saturated rings. The zero-order valence-corrected chi connectivity index (χ0v) is 10.8. The molecule has 0 unspecified atom stereocenters. The predicted octanol–water partition coefficient (Wildman–Crippen LogP) is 3.65. The van der Waals surface area contributed by atoms with Crippen LogP contribution >= 0.6 is 0 Å². The van der Waals surface area contributed by atoms with E-state index in [1.54, 1.807) is 0 Å². The second kappa shape index (κ2) is 5.36. The molecule has 0 aliphatic heterocycles. The molecule has 0 amide bonds. The Morgan fingerprint density at radius 3 is 2.35 bits per heavy atom. The Morgan fingerprint density at radius 1 is 1.00 bits per heavy atom. The van der Waals surface area contributed by atoms with Crippen LogP contribution in [0.2, 0.25) is 0 Å². The monoisotopic (exact) mass is 280 g/mol. The first-order chi connectivity index (χ1) is 9.43. The van der Waals surface area contributed by atoms with E-state index in [9.17, 15) is 18.0 Å². The van der Waals surface area contributed by atoms with Gasteiger partial charge in [0.2, 0.25) is 0 Å². The Labute approximate surface area is 113 Å². The van der Waals surface area contributed by atoms with Gasteiger partial charge in [-0.3, -0.25) is 4.79 Å². The Balaban J connectivity index is 2.49. The summed E-state index contributed by atoms with van der Waals surface area (Å²) in [6.45, 7) is 1.40. The summed E-state index contributed by atoms with van der Waals surface area (Å²) >= 11 is 0. The first-order valence-electron chi connectivity index (χ1n) is 5.78. The van der Waals surface area contributed by atoms with Gasteiger partial charge in [0.05, 0.1) is 12.7 Å².